The van der Waals surface area contributed by atoms with Crippen LogP contribution in [0.15, 0.2) is 4.52 Å². The lowest BCUT2D eigenvalue weighted by Crippen LogP contribution is -2.28. The van der Waals surface area contributed by atoms with Crippen LogP contribution in [0.4, 0.5) is 0 Å². The van der Waals surface area contributed by atoms with Gasteiger partial charge in [-0.15, -0.1) is 0 Å². The molecule has 0 saturated carbocycles. The lowest BCUT2D eigenvalue weighted by atomic mass is 9.97. The number of hydrogen-bond donors (Lipinski definition) is 0. The Labute approximate surface area is 120 Å². The monoisotopic (exact) mass is 331 g/mol. The number of hydrogen-bond acceptors (Lipinski definition) is 5. The quantitative estimate of drug-likeness (QED) is 0.629. The molecule has 2 unspecified atom stereocenters. The third-order valence-electron chi connectivity index (χ3n) is 3.34. The molecule has 0 amide bonds. The minimum Gasteiger partial charge on any atom is -0.461 e. The van der Waals surface area contributed by atoms with Gasteiger partial charge in [0.1, 0.15) is 6.10 Å². The minimum absolute atomic E-state index is 0.156. The summed E-state index contributed by atoms with van der Waals surface area (Å²) in [5.41, 5.74) is 0.947. The molecule has 1 aliphatic rings. The van der Waals surface area contributed by atoms with Gasteiger partial charge in [-0.05, 0) is 26.2 Å². The maximum atomic E-state index is 11.7. The van der Waals surface area contributed by atoms with Crippen molar-refractivity contribution in [1.82, 2.24) is 5.16 Å². The van der Waals surface area contributed by atoms with Crippen molar-refractivity contribution >= 4 is 21.9 Å². The van der Waals surface area contributed by atoms with Gasteiger partial charge in [0.2, 0.25) is 0 Å². The standard InChI is InChI=1S/C13H18BrNO4/c1-4-17-13(16)11-8(3)12(19-15-11)10-5-9(14)7(2)6-18-10/h7,9-10H,4-6H2,1-3H3/t7?,9?,10-/m1/s1. The fraction of sp³-hybridized carbons (Fsp3) is 0.692. The zero-order valence-electron chi connectivity index (χ0n) is 11.3. The van der Waals surface area contributed by atoms with Crippen LogP contribution < -0.4 is 0 Å². The van der Waals surface area contributed by atoms with Crippen molar-refractivity contribution in [3.05, 3.63) is 17.0 Å². The van der Waals surface area contributed by atoms with Gasteiger partial charge in [-0.1, -0.05) is 28.0 Å². The molecule has 0 bridgehead atoms. The Morgan fingerprint density at radius 3 is 2.95 bits per heavy atom. The Morgan fingerprint density at radius 2 is 2.32 bits per heavy atom. The molecule has 0 radical (unpaired) electrons. The van der Waals surface area contributed by atoms with Gasteiger partial charge in [-0.3, -0.25) is 0 Å². The van der Waals surface area contributed by atoms with E-state index >= 15 is 0 Å². The smallest absolute Gasteiger partial charge is 0.360 e. The number of halogens is 1. The van der Waals surface area contributed by atoms with Crippen LogP contribution in [0.1, 0.15) is 48.2 Å². The van der Waals surface area contributed by atoms with Gasteiger partial charge in [0.05, 0.1) is 13.2 Å². The number of aromatic nitrogens is 1. The Kier molecular flexibility index (Phi) is 4.62. The molecule has 1 aromatic heterocycles. The van der Waals surface area contributed by atoms with Crippen molar-refractivity contribution in [2.24, 2.45) is 5.92 Å². The maximum Gasteiger partial charge on any atom is 0.360 e. The summed E-state index contributed by atoms with van der Waals surface area (Å²) in [4.78, 5) is 12.1. The molecule has 5 nitrogen and oxygen atoms in total. The molecule has 0 spiro atoms. The normalized spacial score (nSPS) is 27.3. The predicted molar refractivity (Wildman–Crippen MR) is 72.4 cm³/mol. The first kappa shape index (κ1) is 14.5. The first-order valence-electron chi connectivity index (χ1n) is 6.43. The Hall–Kier alpha value is -0.880. The molecule has 6 heteroatoms. The summed E-state index contributed by atoms with van der Waals surface area (Å²) in [6.45, 7) is 6.68. The van der Waals surface area contributed by atoms with E-state index in [1.807, 2.05) is 6.92 Å². The first-order chi connectivity index (χ1) is 9.04. The molecule has 106 valence electrons. The third kappa shape index (κ3) is 3.00. The average molecular weight is 332 g/mol. The largest absolute Gasteiger partial charge is 0.461 e. The van der Waals surface area contributed by atoms with Crippen LogP contribution in [-0.2, 0) is 9.47 Å². The van der Waals surface area contributed by atoms with Gasteiger partial charge in [-0.2, -0.15) is 0 Å². The van der Waals surface area contributed by atoms with Gasteiger partial charge in [0.25, 0.3) is 0 Å². The third-order valence-corrected chi connectivity index (χ3v) is 4.61. The number of rotatable bonds is 3. The highest BCUT2D eigenvalue weighted by Gasteiger charge is 2.33. The summed E-state index contributed by atoms with van der Waals surface area (Å²) in [5.74, 6) is 0.637. The van der Waals surface area contributed by atoms with Gasteiger partial charge < -0.3 is 14.0 Å². The van der Waals surface area contributed by atoms with Crippen LogP contribution in [0.3, 0.4) is 0 Å². The molecule has 1 aromatic rings. The maximum absolute atomic E-state index is 11.7. The molecule has 1 fully saturated rings. The Bertz CT molecular complexity index is 459. The van der Waals surface area contributed by atoms with Gasteiger partial charge in [0.15, 0.2) is 11.5 Å². The van der Waals surface area contributed by atoms with E-state index in [-0.39, 0.29) is 11.8 Å². The molecule has 0 N–H and O–H groups in total. The summed E-state index contributed by atoms with van der Waals surface area (Å²) in [6, 6.07) is 0. The predicted octanol–water partition coefficient (Wildman–Crippen LogP) is 3.02. The molecule has 3 atom stereocenters. The number of carbonyl (C=O) groups excluding carboxylic acids is 1. The van der Waals surface area contributed by atoms with E-state index < -0.39 is 5.97 Å². The van der Waals surface area contributed by atoms with Crippen LogP contribution in [0, 0.1) is 12.8 Å². The van der Waals surface area contributed by atoms with Crippen molar-refractivity contribution < 1.29 is 18.8 Å². The summed E-state index contributed by atoms with van der Waals surface area (Å²) < 4.78 is 16.0. The van der Waals surface area contributed by atoms with E-state index in [2.05, 4.69) is 28.0 Å². The van der Waals surface area contributed by atoms with Crippen LogP contribution in [0.5, 0.6) is 0 Å². The summed E-state index contributed by atoms with van der Waals surface area (Å²) in [5, 5.41) is 3.81. The highest BCUT2D eigenvalue weighted by atomic mass is 79.9. The summed E-state index contributed by atoms with van der Waals surface area (Å²) in [6.07, 6.45) is 0.649. The molecule has 0 aliphatic carbocycles. The van der Waals surface area contributed by atoms with Crippen LogP contribution >= 0.6 is 15.9 Å². The van der Waals surface area contributed by atoms with Crippen LogP contribution in [0.2, 0.25) is 0 Å². The van der Waals surface area contributed by atoms with E-state index in [0.29, 0.717) is 35.3 Å². The van der Waals surface area contributed by atoms with E-state index in [9.17, 15) is 4.79 Å². The van der Waals surface area contributed by atoms with Crippen molar-refractivity contribution in [3.8, 4) is 0 Å². The summed E-state index contributed by atoms with van der Waals surface area (Å²) in [7, 11) is 0. The lowest BCUT2D eigenvalue weighted by molar-refractivity contribution is -0.0222. The Morgan fingerprint density at radius 1 is 1.58 bits per heavy atom. The average Bonchev–Trinajstić information content (AvgIpc) is 2.75. The van der Waals surface area contributed by atoms with E-state index in [1.165, 1.54) is 0 Å². The molecular weight excluding hydrogens is 314 g/mol. The first-order valence-corrected chi connectivity index (χ1v) is 7.35. The molecule has 2 heterocycles. The molecule has 0 aromatic carbocycles. The number of carbonyl (C=O) groups is 1. The molecule has 2 rings (SSSR count). The summed E-state index contributed by atoms with van der Waals surface area (Å²) >= 11 is 3.64. The van der Waals surface area contributed by atoms with Crippen molar-refractivity contribution in [1.29, 1.82) is 0 Å². The second kappa shape index (κ2) is 6.05. The second-order valence-corrected chi connectivity index (χ2v) is 5.97. The number of esters is 1. The highest BCUT2D eigenvalue weighted by molar-refractivity contribution is 9.09. The van der Waals surface area contributed by atoms with Crippen LogP contribution in [0.25, 0.3) is 0 Å². The fourth-order valence-corrected chi connectivity index (χ4v) is 2.59. The van der Waals surface area contributed by atoms with E-state index in [0.717, 1.165) is 6.42 Å². The van der Waals surface area contributed by atoms with Crippen molar-refractivity contribution in [2.75, 3.05) is 13.2 Å². The molecule has 19 heavy (non-hydrogen) atoms. The van der Waals surface area contributed by atoms with E-state index in [4.69, 9.17) is 14.0 Å². The highest BCUT2D eigenvalue weighted by Crippen LogP contribution is 2.36. The number of nitrogens with zero attached hydrogens (tertiary/aromatic N) is 1. The lowest BCUT2D eigenvalue weighted by Gasteiger charge is -2.30. The zero-order chi connectivity index (χ0) is 14.0. The van der Waals surface area contributed by atoms with Crippen molar-refractivity contribution in [2.45, 2.75) is 38.1 Å². The van der Waals surface area contributed by atoms with Gasteiger partial charge in [-0.25, -0.2) is 4.79 Å². The fourth-order valence-electron chi connectivity index (χ4n) is 2.10. The Balaban J connectivity index is 2.16. The SMILES string of the molecule is CCOC(=O)c1noc([C@H]2CC(Br)C(C)CO2)c1C. The van der Waals surface area contributed by atoms with Gasteiger partial charge in [0, 0.05) is 10.4 Å². The van der Waals surface area contributed by atoms with E-state index in [1.54, 1.807) is 6.92 Å². The van der Waals surface area contributed by atoms with Crippen LogP contribution in [-0.4, -0.2) is 29.2 Å². The molecular formula is C13H18BrNO4. The second-order valence-electron chi connectivity index (χ2n) is 4.79. The number of alkyl halides is 1. The van der Waals surface area contributed by atoms with Gasteiger partial charge >= 0.3 is 5.97 Å². The molecule has 1 aliphatic heterocycles. The number of ether oxygens (including phenoxy) is 2. The molecule has 1 saturated heterocycles. The van der Waals surface area contributed by atoms with Crippen molar-refractivity contribution in [3.63, 3.8) is 0 Å². The minimum atomic E-state index is -0.449. The topological polar surface area (TPSA) is 61.6 Å². The zero-order valence-corrected chi connectivity index (χ0v) is 12.9.